The number of carboxylic acid groups (broad SMARTS) is 1. The molecule has 148 valence electrons. The Kier molecular flexibility index (Phi) is 5.24. The van der Waals surface area contributed by atoms with Crippen LogP contribution in [0.15, 0.2) is 42.5 Å². The second-order valence-corrected chi connectivity index (χ2v) is 7.44. The van der Waals surface area contributed by atoms with Crippen molar-refractivity contribution < 1.29 is 19.4 Å². The third-order valence-electron chi connectivity index (χ3n) is 5.81. The van der Waals surface area contributed by atoms with Crippen molar-refractivity contribution in [1.29, 1.82) is 0 Å². The number of methoxy groups -OCH3 is 2. The Hall–Kier alpha value is -2.57. The first-order valence-corrected chi connectivity index (χ1v) is 9.60. The van der Waals surface area contributed by atoms with Crippen LogP contribution in [-0.2, 0) is 11.2 Å². The maximum atomic E-state index is 11.2. The van der Waals surface area contributed by atoms with Gasteiger partial charge in [-0.25, -0.2) is 0 Å². The van der Waals surface area contributed by atoms with Crippen molar-refractivity contribution in [3.8, 4) is 11.5 Å². The summed E-state index contributed by atoms with van der Waals surface area (Å²) in [6, 6.07) is 15.1. The van der Waals surface area contributed by atoms with Gasteiger partial charge in [0.15, 0.2) is 11.5 Å². The third kappa shape index (κ3) is 3.45. The van der Waals surface area contributed by atoms with E-state index >= 15 is 0 Å². The van der Waals surface area contributed by atoms with E-state index in [0.29, 0.717) is 0 Å². The van der Waals surface area contributed by atoms with Crippen molar-refractivity contribution in [2.24, 2.45) is 0 Å². The van der Waals surface area contributed by atoms with E-state index in [1.165, 1.54) is 16.7 Å². The summed E-state index contributed by atoms with van der Waals surface area (Å²) < 4.78 is 11.1. The lowest BCUT2D eigenvalue weighted by molar-refractivity contribution is -0.139. The Balaban J connectivity index is 1.76. The van der Waals surface area contributed by atoms with E-state index in [-0.39, 0.29) is 18.6 Å². The minimum absolute atomic E-state index is 0.0964. The molecule has 1 fully saturated rings. The maximum absolute atomic E-state index is 11.2. The fraction of sp³-hybridized carbons (Fsp3) is 0.409. The summed E-state index contributed by atoms with van der Waals surface area (Å²) in [6.07, 6.45) is 0.870. The van der Waals surface area contributed by atoms with Crippen LogP contribution in [0.3, 0.4) is 0 Å². The zero-order valence-electron chi connectivity index (χ0n) is 16.3. The van der Waals surface area contributed by atoms with Crippen molar-refractivity contribution in [3.63, 3.8) is 0 Å². The average molecular weight is 382 g/mol. The summed E-state index contributed by atoms with van der Waals surface area (Å²) in [5, 5.41) is 9.19. The summed E-state index contributed by atoms with van der Waals surface area (Å²) in [5.41, 5.74) is 3.73. The summed E-state index contributed by atoms with van der Waals surface area (Å²) in [7, 11) is 3.32. The van der Waals surface area contributed by atoms with E-state index in [1.807, 2.05) is 11.0 Å². The Morgan fingerprint density at radius 2 is 1.82 bits per heavy atom. The number of hydrogen-bond acceptors (Lipinski definition) is 5. The van der Waals surface area contributed by atoms with Crippen LogP contribution < -0.4 is 9.47 Å². The second-order valence-electron chi connectivity index (χ2n) is 7.44. The zero-order chi connectivity index (χ0) is 19.7. The van der Waals surface area contributed by atoms with Gasteiger partial charge in [0.25, 0.3) is 0 Å². The van der Waals surface area contributed by atoms with Crippen molar-refractivity contribution in [3.05, 3.63) is 59.2 Å². The Bertz CT molecular complexity index is 855. The summed E-state index contributed by atoms with van der Waals surface area (Å²) in [5.74, 6) is 0.709. The molecule has 6 heteroatoms. The highest BCUT2D eigenvalue weighted by Crippen LogP contribution is 2.43. The number of carbonyl (C=O) groups is 1. The quantitative estimate of drug-likeness (QED) is 0.857. The molecule has 0 amide bonds. The number of rotatable bonds is 5. The van der Waals surface area contributed by atoms with Gasteiger partial charge in [0, 0.05) is 25.7 Å². The number of nitrogens with zero attached hydrogens (tertiary/aromatic N) is 2. The number of carboxylic acids is 1. The van der Waals surface area contributed by atoms with Gasteiger partial charge in [-0.1, -0.05) is 30.3 Å². The van der Waals surface area contributed by atoms with E-state index in [2.05, 4.69) is 41.3 Å². The minimum atomic E-state index is -0.768. The van der Waals surface area contributed by atoms with Gasteiger partial charge in [-0.05, 0) is 35.2 Å². The maximum Gasteiger partial charge on any atom is 0.317 e. The molecule has 0 spiro atoms. The summed E-state index contributed by atoms with van der Waals surface area (Å²) in [6.45, 7) is 2.45. The number of piperazine rings is 1. The molecule has 0 bridgehead atoms. The average Bonchev–Trinajstić information content (AvgIpc) is 2.71. The molecule has 4 rings (SSSR count). The molecule has 0 radical (unpaired) electrons. The van der Waals surface area contributed by atoms with Crippen LogP contribution in [0, 0.1) is 0 Å². The molecule has 2 atom stereocenters. The van der Waals surface area contributed by atoms with Crippen molar-refractivity contribution >= 4 is 5.97 Å². The Morgan fingerprint density at radius 3 is 2.50 bits per heavy atom. The molecule has 1 N–H and O–H groups in total. The van der Waals surface area contributed by atoms with Gasteiger partial charge in [0.2, 0.25) is 0 Å². The van der Waals surface area contributed by atoms with E-state index in [4.69, 9.17) is 9.47 Å². The molecule has 1 saturated heterocycles. The fourth-order valence-corrected chi connectivity index (χ4v) is 4.60. The molecule has 2 unspecified atom stereocenters. The first-order chi connectivity index (χ1) is 13.6. The highest BCUT2D eigenvalue weighted by molar-refractivity contribution is 5.69. The highest BCUT2D eigenvalue weighted by atomic mass is 16.5. The SMILES string of the molecule is COc1cc2c(cc1OC)C(c1ccccc1)N1CCN(CC(=O)O)CC1C2. The van der Waals surface area contributed by atoms with E-state index in [1.54, 1.807) is 14.2 Å². The predicted molar refractivity (Wildman–Crippen MR) is 106 cm³/mol. The van der Waals surface area contributed by atoms with Crippen LogP contribution in [0.5, 0.6) is 11.5 Å². The molecular weight excluding hydrogens is 356 g/mol. The minimum Gasteiger partial charge on any atom is -0.493 e. The van der Waals surface area contributed by atoms with E-state index < -0.39 is 5.97 Å². The summed E-state index contributed by atoms with van der Waals surface area (Å²) in [4.78, 5) is 15.7. The molecule has 2 aromatic rings. The number of fused-ring (bicyclic) bond motifs is 2. The lowest BCUT2D eigenvalue weighted by atomic mass is 9.83. The Labute approximate surface area is 165 Å². The van der Waals surface area contributed by atoms with Crippen LogP contribution in [-0.4, -0.2) is 67.3 Å². The monoisotopic (exact) mass is 382 g/mol. The first-order valence-electron chi connectivity index (χ1n) is 9.60. The predicted octanol–water partition coefficient (Wildman–Crippen LogP) is 2.42. The largest absolute Gasteiger partial charge is 0.493 e. The molecule has 2 aromatic carbocycles. The fourth-order valence-electron chi connectivity index (χ4n) is 4.60. The molecule has 2 heterocycles. The van der Waals surface area contributed by atoms with Crippen LogP contribution >= 0.6 is 0 Å². The molecule has 0 aliphatic carbocycles. The molecule has 6 nitrogen and oxygen atoms in total. The van der Waals surface area contributed by atoms with Gasteiger partial charge >= 0.3 is 5.97 Å². The van der Waals surface area contributed by atoms with Crippen LogP contribution in [0.25, 0.3) is 0 Å². The normalized spacial score (nSPS) is 22.2. The van der Waals surface area contributed by atoms with E-state index in [9.17, 15) is 9.90 Å². The van der Waals surface area contributed by atoms with Gasteiger partial charge in [-0.15, -0.1) is 0 Å². The van der Waals surface area contributed by atoms with Gasteiger partial charge in [-0.3, -0.25) is 14.6 Å². The highest BCUT2D eigenvalue weighted by Gasteiger charge is 2.39. The van der Waals surface area contributed by atoms with Gasteiger partial charge in [-0.2, -0.15) is 0 Å². The topological polar surface area (TPSA) is 62.2 Å². The number of ether oxygens (including phenoxy) is 2. The van der Waals surface area contributed by atoms with Crippen molar-refractivity contribution in [1.82, 2.24) is 9.80 Å². The van der Waals surface area contributed by atoms with Crippen LogP contribution in [0.1, 0.15) is 22.7 Å². The molecule has 0 aromatic heterocycles. The van der Waals surface area contributed by atoms with Crippen molar-refractivity contribution in [2.45, 2.75) is 18.5 Å². The number of benzene rings is 2. The smallest absolute Gasteiger partial charge is 0.317 e. The molecular formula is C22H26N2O4. The molecule has 0 saturated carbocycles. The van der Waals surface area contributed by atoms with Crippen LogP contribution in [0.4, 0.5) is 0 Å². The van der Waals surface area contributed by atoms with Crippen molar-refractivity contribution in [2.75, 3.05) is 40.4 Å². The van der Waals surface area contributed by atoms with Gasteiger partial charge in [0.1, 0.15) is 0 Å². The van der Waals surface area contributed by atoms with Crippen LogP contribution in [0.2, 0.25) is 0 Å². The summed E-state index contributed by atoms with van der Waals surface area (Å²) >= 11 is 0. The first kappa shape index (κ1) is 18.8. The zero-order valence-corrected chi connectivity index (χ0v) is 16.3. The second kappa shape index (κ2) is 7.81. The lowest BCUT2D eigenvalue weighted by Gasteiger charge is -2.49. The lowest BCUT2D eigenvalue weighted by Crippen LogP contribution is -2.57. The standard InChI is InChI=1S/C22H26N2O4/c1-27-19-11-16-10-17-13-23(14-21(25)26)8-9-24(17)22(15-6-4-3-5-7-15)18(16)12-20(19)28-2/h3-7,11-12,17,22H,8-10,13-14H2,1-2H3,(H,25,26). The molecule has 2 aliphatic rings. The third-order valence-corrected chi connectivity index (χ3v) is 5.81. The number of aliphatic carboxylic acids is 1. The van der Waals surface area contributed by atoms with E-state index in [0.717, 1.165) is 37.6 Å². The van der Waals surface area contributed by atoms with Gasteiger partial charge < -0.3 is 14.6 Å². The van der Waals surface area contributed by atoms with Gasteiger partial charge in [0.05, 0.1) is 26.8 Å². The number of hydrogen-bond donors (Lipinski definition) is 1. The Morgan fingerprint density at radius 1 is 1.11 bits per heavy atom. The molecule has 2 aliphatic heterocycles. The molecule has 28 heavy (non-hydrogen) atoms.